The molecule has 1 amide bonds. The summed E-state index contributed by atoms with van der Waals surface area (Å²) < 4.78 is 0. The zero-order valence-corrected chi connectivity index (χ0v) is 10.7. The van der Waals surface area contributed by atoms with Crippen molar-refractivity contribution >= 4 is 17.3 Å². The Morgan fingerprint density at radius 2 is 2.10 bits per heavy atom. The Hall–Kier alpha value is -2.74. The molecular formula is C12H13N5O3. The normalized spacial score (nSPS) is 13.5. The maximum Gasteiger partial charge on any atom is 0.269 e. The number of nitrogens with zero attached hydrogens (tertiary/aromatic N) is 2. The van der Waals surface area contributed by atoms with E-state index in [1.807, 2.05) is 0 Å². The van der Waals surface area contributed by atoms with Crippen LogP contribution in [0.25, 0.3) is 0 Å². The lowest BCUT2D eigenvalue weighted by Crippen LogP contribution is -2.45. The fraction of sp³-hybridized carbons (Fsp3) is 0.167. The first-order chi connectivity index (χ1) is 9.41. The SMILES string of the molecule is CC(N)(C(=O)Nc1ccc([N+](=O)[O-])cc1)c1cn[nH]c1. The van der Waals surface area contributed by atoms with Crippen LogP contribution < -0.4 is 11.1 Å². The molecule has 1 aromatic carbocycles. The maximum atomic E-state index is 12.1. The second-order valence-corrected chi connectivity index (χ2v) is 4.45. The molecule has 8 nitrogen and oxygen atoms in total. The molecule has 1 aromatic heterocycles. The quantitative estimate of drug-likeness (QED) is 0.569. The summed E-state index contributed by atoms with van der Waals surface area (Å²) in [5.41, 5.74) is 5.64. The zero-order chi connectivity index (χ0) is 14.8. The minimum atomic E-state index is -1.26. The largest absolute Gasteiger partial charge is 0.324 e. The van der Waals surface area contributed by atoms with Crippen LogP contribution in [0.3, 0.4) is 0 Å². The minimum absolute atomic E-state index is 0.0478. The number of rotatable bonds is 4. The predicted molar refractivity (Wildman–Crippen MR) is 71.9 cm³/mol. The van der Waals surface area contributed by atoms with Crippen LogP contribution in [-0.4, -0.2) is 21.0 Å². The van der Waals surface area contributed by atoms with Gasteiger partial charge in [-0.2, -0.15) is 5.10 Å². The van der Waals surface area contributed by atoms with Gasteiger partial charge in [-0.1, -0.05) is 0 Å². The summed E-state index contributed by atoms with van der Waals surface area (Å²) in [6.07, 6.45) is 3.00. The monoisotopic (exact) mass is 275 g/mol. The Kier molecular flexibility index (Phi) is 3.49. The number of non-ortho nitro benzene ring substituents is 1. The van der Waals surface area contributed by atoms with Gasteiger partial charge in [0.2, 0.25) is 5.91 Å². The lowest BCUT2D eigenvalue weighted by molar-refractivity contribution is -0.384. The summed E-state index contributed by atoms with van der Waals surface area (Å²) in [7, 11) is 0. The van der Waals surface area contributed by atoms with Crippen LogP contribution in [0.2, 0.25) is 0 Å². The number of carbonyl (C=O) groups excluding carboxylic acids is 1. The van der Waals surface area contributed by atoms with Gasteiger partial charge in [0.25, 0.3) is 5.69 Å². The highest BCUT2D eigenvalue weighted by molar-refractivity contribution is 5.98. The molecule has 20 heavy (non-hydrogen) atoms. The van der Waals surface area contributed by atoms with Crippen LogP contribution >= 0.6 is 0 Å². The van der Waals surface area contributed by atoms with E-state index in [-0.39, 0.29) is 5.69 Å². The Morgan fingerprint density at radius 3 is 2.60 bits per heavy atom. The van der Waals surface area contributed by atoms with Gasteiger partial charge in [0, 0.05) is 29.6 Å². The zero-order valence-electron chi connectivity index (χ0n) is 10.7. The molecule has 1 atom stereocenters. The maximum absolute atomic E-state index is 12.1. The van der Waals surface area contributed by atoms with Crippen LogP contribution in [-0.2, 0) is 10.3 Å². The highest BCUT2D eigenvalue weighted by Gasteiger charge is 2.31. The van der Waals surface area contributed by atoms with E-state index in [9.17, 15) is 14.9 Å². The second-order valence-electron chi connectivity index (χ2n) is 4.45. The molecular weight excluding hydrogens is 262 g/mol. The van der Waals surface area contributed by atoms with E-state index in [1.54, 1.807) is 6.92 Å². The van der Waals surface area contributed by atoms with Crippen molar-refractivity contribution in [3.63, 3.8) is 0 Å². The third-order valence-corrected chi connectivity index (χ3v) is 2.91. The number of benzene rings is 1. The minimum Gasteiger partial charge on any atom is -0.324 e. The molecule has 2 aromatic rings. The van der Waals surface area contributed by atoms with Crippen LogP contribution in [0.1, 0.15) is 12.5 Å². The number of hydrogen-bond donors (Lipinski definition) is 3. The number of amides is 1. The molecule has 8 heteroatoms. The number of nitrogens with two attached hydrogens (primary N) is 1. The Bertz CT molecular complexity index is 619. The molecule has 4 N–H and O–H groups in total. The molecule has 1 unspecified atom stereocenters. The molecule has 104 valence electrons. The van der Waals surface area contributed by atoms with Gasteiger partial charge in [-0.15, -0.1) is 0 Å². The Morgan fingerprint density at radius 1 is 1.45 bits per heavy atom. The number of nitrogens with one attached hydrogen (secondary N) is 2. The molecule has 0 saturated heterocycles. The van der Waals surface area contributed by atoms with Crippen molar-refractivity contribution in [3.05, 3.63) is 52.3 Å². The Labute approximate surface area is 114 Å². The summed E-state index contributed by atoms with van der Waals surface area (Å²) in [6, 6.07) is 5.51. The van der Waals surface area contributed by atoms with Gasteiger partial charge in [-0.25, -0.2) is 0 Å². The first-order valence-electron chi connectivity index (χ1n) is 5.75. The van der Waals surface area contributed by atoms with Gasteiger partial charge in [0.15, 0.2) is 0 Å². The number of nitro groups is 1. The fourth-order valence-corrected chi connectivity index (χ4v) is 1.59. The standard InChI is InChI=1S/C12H13N5O3/c1-12(13,8-6-14-15-7-8)11(18)16-9-2-4-10(5-3-9)17(19)20/h2-7H,13H2,1H3,(H,14,15)(H,16,18). The van der Waals surface area contributed by atoms with Crippen molar-refractivity contribution < 1.29 is 9.72 Å². The van der Waals surface area contributed by atoms with Crippen LogP contribution in [0, 0.1) is 10.1 Å². The second kappa shape index (κ2) is 5.10. The van der Waals surface area contributed by atoms with E-state index < -0.39 is 16.4 Å². The summed E-state index contributed by atoms with van der Waals surface area (Å²) in [4.78, 5) is 22.2. The number of aromatic amines is 1. The molecule has 1 heterocycles. The highest BCUT2D eigenvalue weighted by Crippen LogP contribution is 2.20. The van der Waals surface area contributed by atoms with Crippen LogP contribution in [0.5, 0.6) is 0 Å². The first kappa shape index (κ1) is 13.7. The number of H-pyrrole nitrogens is 1. The van der Waals surface area contributed by atoms with Gasteiger partial charge in [0.1, 0.15) is 5.54 Å². The van der Waals surface area contributed by atoms with E-state index in [0.29, 0.717) is 11.3 Å². The number of carbonyl (C=O) groups is 1. The van der Waals surface area contributed by atoms with Gasteiger partial charge in [-0.05, 0) is 19.1 Å². The van der Waals surface area contributed by atoms with Crippen molar-refractivity contribution in [1.29, 1.82) is 0 Å². The number of anilines is 1. The van der Waals surface area contributed by atoms with Crippen molar-refractivity contribution in [2.75, 3.05) is 5.32 Å². The van der Waals surface area contributed by atoms with E-state index in [0.717, 1.165) is 0 Å². The average Bonchev–Trinajstić information content (AvgIpc) is 2.93. The molecule has 0 radical (unpaired) electrons. The molecule has 0 aliphatic heterocycles. The van der Waals surface area contributed by atoms with E-state index in [1.165, 1.54) is 36.7 Å². The van der Waals surface area contributed by atoms with Crippen molar-refractivity contribution in [1.82, 2.24) is 10.2 Å². The molecule has 2 rings (SSSR count). The summed E-state index contributed by atoms with van der Waals surface area (Å²) >= 11 is 0. The average molecular weight is 275 g/mol. The smallest absolute Gasteiger partial charge is 0.269 e. The number of aromatic nitrogens is 2. The number of hydrogen-bond acceptors (Lipinski definition) is 5. The first-order valence-corrected chi connectivity index (χ1v) is 5.75. The van der Waals surface area contributed by atoms with E-state index in [2.05, 4.69) is 15.5 Å². The lowest BCUT2D eigenvalue weighted by atomic mass is 9.95. The van der Waals surface area contributed by atoms with E-state index >= 15 is 0 Å². The van der Waals surface area contributed by atoms with Crippen molar-refractivity contribution in [2.24, 2.45) is 5.73 Å². The molecule has 0 bridgehead atoms. The highest BCUT2D eigenvalue weighted by atomic mass is 16.6. The predicted octanol–water partition coefficient (Wildman–Crippen LogP) is 1.13. The number of nitro benzene ring substituents is 1. The van der Waals surface area contributed by atoms with Gasteiger partial charge in [-0.3, -0.25) is 20.0 Å². The molecule has 0 saturated carbocycles. The van der Waals surface area contributed by atoms with Crippen LogP contribution in [0.4, 0.5) is 11.4 Å². The third kappa shape index (κ3) is 2.64. The summed E-state index contributed by atoms with van der Waals surface area (Å²) in [5.74, 6) is -0.437. The van der Waals surface area contributed by atoms with Crippen molar-refractivity contribution in [3.8, 4) is 0 Å². The molecule has 0 aliphatic carbocycles. The van der Waals surface area contributed by atoms with Gasteiger partial charge in [0.05, 0.1) is 11.1 Å². The molecule has 0 aliphatic rings. The van der Waals surface area contributed by atoms with Gasteiger partial charge >= 0.3 is 0 Å². The third-order valence-electron chi connectivity index (χ3n) is 2.91. The summed E-state index contributed by atoms with van der Waals surface area (Å²) in [5, 5.41) is 19.5. The van der Waals surface area contributed by atoms with Gasteiger partial charge < -0.3 is 11.1 Å². The van der Waals surface area contributed by atoms with Crippen LogP contribution in [0.15, 0.2) is 36.7 Å². The lowest BCUT2D eigenvalue weighted by Gasteiger charge is -2.22. The molecule has 0 fully saturated rings. The summed E-state index contributed by atoms with van der Waals surface area (Å²) in [6.45, 7) is 1.55. The molecule has 0 spiro atoms. The topological polar surface area (TPSA) is 127 Å². The van der Waals surface area contributed by atoms with Crippen molar-refractivity contribution in [2.45, 2.75) is 12.5 Å². The Balaban J connectivity index is 2.13. The van der Waals surface area contributed by atoms with E-state index in [4.69, 9.17) is 5.73 Å². The fourth-order valence-electron chi connectivity index (χ4n) is 1.59.